The fourth-order valence-corrected chi connectivity index (χ4v) is 4.73. The molecule has 0 radical (unpaired) electrons. The van der Waals surface area contributed by atoms with Gasteiger partial charge in [0, 0.05) is 34.0 Å². The molecule has 30 heavy (non-hydrogen) atoms. The molecule has 3 aromatic rings. The molecule has 1 aliphatic heterocycles. The van der Waals surface area contributed by atoms with Crippen LogP contribution >= 0.6 is 28.1 Å². The lowest BCUT2D eigenvalue weighted by Crippen LogP contribution is -2.37. The SMILES string of the molecule is C[C@@H]1CCCCN1c1ccc(NC(=S)NC(=O)c2cccc3c(Br)cccc23)cc1. The highest BCUT2D eigenvalue weighted by atomic mass is 79.9. The molecule has 1 fully saturated rings. The van der Waals surface area contributed by atoms with Crippen LogP contribution in [0.25, 0.3) is 10.8 Å². The minimum Gasteiger partial charge on any atom is -0.369 e. The maximum absolute atomic E-state index is 12.8. The third-order valence-electron chi connectivity index (χ3n) is 5.60. The number of carbonyl (C=O) groups is 1. The fraction of sp³-hybridized carbons (Fsp3) is 0.250. The van der Waals surface area contributed by atoms with E-state index in [2.05, 4.69) is 50.5 Å². The Morgan fingerprint density at radius 1 is 1.03 bits per heavy atom. The summed E-state index contributed by atoms with van der Waals surface area (Å²) in [6.07, 6.45) is 3.78. The molecule has 0 saturated carbocycles. The summed E-state index contributed by atoms with van der Waals surface area (Å²) in [6, 6.07) is 20.3. The van der Waals surface area contributed by atoms with Crippen molar-refractivity contribution in [3.63, 3.8) is 0 Å². The van der Waals surface area contributed by atoms with E-state index in [9.17, 15) is 4.79 Å². The first-order valence-electron chi connectivity index (χ1n) is 10.2. The van der Waals surface area contributed by atoms with Crippen molar-refractivity contribution in [2.24, 2.45) is 0 Å². The third-order valence-corrected chi connectivity index (χ3v) is 6.50. The van der Waals surface area contributed by atoms with E-state index in [1.54, 1.807) is 6.07 Å². The molecule has 1 atom stereocenters. The Balaban J connectivity index is 1.42. The zero-order chi connectivity index (χ0) is 21.1. The minimum atomic E-state index is -0.227. The summed E-state index contributed by atoms with van der Waals surface area (Å²) < 4.78 is 0.957. The lowest BCUT2D eigenvalue weighted by atomic mass is 10.0. The standard InChI is InChI=1S/C24H24BrN3OS/c1-16-6-2-3-15-28(16)18-13-11-17(12-14-18)26-24(30)27-23(29)21-9-4-8-20-19(21)7-5-10-22(20)25/h4-5,7-14,16H,2-3,6,15H2,1H3,(H2,26,27,29,30)/t16-/m1/s1. The molecular formula is C24H24BrN3OS. The van der Waals surface area contributed by atoms with Crippen LogP contribution in [0.3, 0.4) is 0 Å². The molecule has 0 aliphatic carbocycles. The Morgan fingerprint density at radius 3 is 2.53 bits per heavy atom. The van der Waals surface area contributed by atoms with Gasteiger partial charge in [-0.2, -0.15) is 0 Å². The van der Waals surface area contributed by atoms with Crippen molar-refractivity contribution in [2.75, 3.05) is 16.8 Å². The Morgan fingerprint density at radius 2 is 1.77 bits per heavy atom. The Hall–Kier alpha value is -2.44. The van der Waals surface area contributed by atoms with Crippen LogP contribution in [0.1, 0.15) is 36.5 Å². The number of halogens is 1. The monoisotopic (exact) mass is 481 g/mol. The van der Waals surface area contributed by atoms with E-state index >= 15 is 0 Å². The van der Waals surface area contributed by atoms with Gasteiger partial charge in [-0.3, -0.25) is 10.1 Å². The molecule has 0 aromatic heterocycles. The third kappa shape index (κ3) is 4.50. The molecule has 3 aromatic carbocycles. The van der Waals surface area contributed by atoms with E-state index in [0.717, 1.165) is 27.5 Å². The van der Waals surface area contributed by atoms with Crippen molar-refractivity contribution >= 4 is 61.3 Å². The normalized spacial score (nSPS) is 16.3. The van der Waals surface area contributed by atoms with Crippen molar-refractivity contribution < 1.29 is 4.79 Å². The van der Waals surface area contributed by atoms with E-state index < -0.39 is 0 Å². The predicted octanol–water partition coefficient (Wildman–Crippen LogP) is 6.11. The highest BCUT2D eigenvalue weighted by Crippen LogP contribution is 2.27. The summed E-state index contributed by atoms with van der Waals surface area (Å²) in [5, 5.41) is 8.07. The van der Waals surface area contributed by atoms with Crippen LogP contribution in [0.2, 0.25) is 0 Å². The average molecular weight is 482 g/mol. The van der Waals surface area contributed by atoms with Crippen molar-refractivity contribution in [1.82, 2.24) is 5.32 Å². The smallest absolute Gasteiger partial charge is 0.258 e. The Kier molecular flexibility index (Phi) is 6.35. The van der Waals surface area contributed by atoms with Crippen molar-refractivity contribution in [3.05, 3.63) is 70.7 Å². The van der Waals surface area contributed by atoms with Gasteiger partial charge >= 0.3 is 0 Å². The van der Waals surface area contributed by atoms with E-state index in [1.165, 1.54) is 24.9 Å². The number of fused-ring (bicyclic) bond motifs is 1. The quantitative estimate of drug-likeness (QED) is 0.443. The summed E-state index contributed by atoms with van der Waals surface area (Å²) >= 11 is 8.91. The van der Waals surface area contributed by atoms with Crippen LogP contribution in [-0.2, 0) is 0 Å². The number of nitrogens with zero attached hydrogens (tertiary/aromatic N) is 1. The summed E-state index contributed by atoms with van der Waals surface area (Å²) in [5.74, 6) is -0.227. The molecule has 1 saturated heterocycles. The number of carbonyl (C=O) groups excluding carboxylic acids is 1. The molecule has 0 unspecified atom stereocenters. The number of thiocarbonyl (C=S) groups is 1. The zero-order valence-electron chi connectivity index (χ0n) is 16.8. The Labute approximate surface area is 190 Å². The topological polar surface area (TPSA) is 44.4 Å². The van der Waals surface area contributed by atoms with Gasteiger partial charge in [-0.15, -0.1) is 0 Å². The van der Waals surface area contributed by atoms with Gasteiger partial charge in [-0.05, 0) is 85.6 Å². The largest absolute Gasteiger partial charge is 0.369 e. The number of rotatable bonds is 3. The first kappa shape index (κ1) is 20.8. The molecule has 1 amide bonds. The van der Waals surface area contributed by atoms with Crippen molar-refractivity contribution in [2.45, 2.75) is 32.2 Å². The first-order valence-corrected chi connectivity index (χ1v) is 11.4. The van der Waals surface area contributed by atoms with E-state index in [0.29, 0.717) is 11.6 Å². The lowest BCUT2D eigenvalue weighted by Gasteiger charge is -2.35. The zero-order valence-corrected chi connectivity index (χ0v) is 19.2. The van der Waals surface area contributed by atoms with Crippen LogP contribution in [0.5, 0.6) is 0 Å². The van der Waals surface area contributed by atoms with Crippen LogP contribution < -0.4 is 15.5 Å². The number of nitrogens with one attached hydrogen (secondary N) is 2. The van der Waals surface area contributed by atoms with Crippen molar-refractivity contribution in [3.8, 4) is 0 Å². The van der Waals surface area contributed by atoms with Crippen LogP contribution in [0.4, 0.5) is 11.4 Å². The molecule has 1 aliphatic rings. The second-order valence-electron chi connectivity index (χ2n) is 7.63. The molecule has 2 N–H and O–H groups in total. The maximum Gasteiger partial charge on any atom is 0.258 e. The number of hydrogen-bond acceptors (Lipinski definition) is 3. The van der Waals surface area contributed by atoms with Gasteiger partial charge in [0.05, 0.1) is 0 Å². The van der Waals surface area contributed by atoms with Crippen LogP contribution in [0, 0.1) is 0 Å². The average Bonchev–Trinajstić information content (AvgIpc) is 2.74. The van der Waals surface area contributed by atoms with Gasteiger partial charge in [-0.25, -0.2) is 0 Å². The molecule has 154 valence electrons. The maximum atomic E-state index is 12.8. The number of hydrogen-bond donors (Lipinski definition) is 2. The van der Waals surface area contributed by atoms with Gasteiger partial charge in [0.25, 0.3) is 5.91 Å². The minimum absolute atomic E-state index is 0.227. The van der Waals surface area contributed by atoms with Crippen LogP contribution in [-0.4, -0.2) is 23.6 Å². The number of amides is 1. The molecule has 4 nitrogen and oxygen atoms in total. The van der Waals surface area contributed by atoms with E-state index in [-0.39, 0.29) is 11.0 Å². The molecular weight excluding hydrogens is 458 g/mol. The first-order chi connectivity index (χ1) is 14.5. The molecule has 0 bridgehead atoms. The van der Waals surface area contributed by atoms with Crippen molar-refractivity contribution in [1.29, 1.82) is 0 Å². The summed E-state index contributed by atoms with van der Waals surface area (Å²) in [4.78, 5) is 15.3. The number of benzene rings is 3. The van der Waals surface area contributed by atoms with Gasteiger partial charge in [0.15, 0.2) is 5.11 Å². The molecule has 0 spiro atoms. The number of piperidine rings is 1. The Bertz CT molecular complexity index is 1080. The van der Waals surface area contributed by atoms with Gasteiger partial charge in [0.2, 0.25) is 0 Å². The fourth-order valence-electron chi connectivity index (χ4n) is 4.02. The van der Waals surface area contributed by atoms with E-state index in [4.69, 9.17) is 12.2 Å². The van der Waals surface area contributed by atoms with E-state index in [1.807, 2.05) is 42.5 Å². The second-order valence-corrected chi connectivity index (χ2v) is 8.90. The highest BCUT2D eigenvalue weighted by molar-refractivity contribution is 9.10. The van der Waals surface area contributed by atoms with Gasteiger partial charge < -0.3 is 10.2 Å². The molecule has 1 heterocycles. The summed E-state index contributed by atoms with van der Waals surface area (Å²) in [7, 11) is 0. The predicted molar refractivity (Wildman–Crippen MR) is 132 cm³/mol. The molecule has 6 heteroatoms. The van der Waals surface area contributed by atoms with Crippen LogP contribution in [0.15, 0.2) is 65.1 Å². The number of anilines is 2. The second kappa shape index (κ2) is 9.14. The lowest BCUT2D eigenvalue weighted by molar-refractivity contribution is 0.0979. The summed E-state index contributed by atoms with van der Waals surface area (Å²) in [6.45, 7) is 3.38. The highest BCUT2D eigenvalue weighted by Gasteiger charge is 2.18. The summed E-state index contributed by atoms with van der Waals surface area (Å²) in [5.41, 5.74) is 2.67. The van der Waals surface area contributed by atoms with Gasteiger partial charge in [-0.1, -0.05) is 40.2 Å². The molecule has 4 rings (SSSR count). The van der Waals surface area contributed by atoms with Gasteiger partial charge in [0.1, 0.15) is 0 Å².